The molecule has 0 saturated heterocycles. The molecule has 5 heteroatoms. The molecule has 8 aromatic carbocycles. The lowest BCUT2D eigenvalue weighted by atomic mass is 9.97. The third-order valence-electron chi connectivity index (χ3n) is 10.8. The van der Waals surface area contributed by atoms with E-state index in [1.807, 2.05) is 54.6 Å². The van der Waals surface area contributed by atoms with E-state index in [0.29, 0.717) is 5.84 Å². The van der Waals surface area contributed by atoms with Crippen molar-refractivity contribution in [2.75, 3.05) is 0 Å². The van der Waals surface area contributed by atoms with Gasteiger partial charge in [0.25, 0.3) is 0 Å². The Labute approximate surface area is 322 Å². The fourth-order valence-electron chi connectivity index (χ4n) is 7.84. The van der Waals surface area contributed by atoms with E-state index in [1.165, 1.54) is 22.3 Å². The van der Waals surface area contributed by atoms with Gasteiger partial charge in [-0.1, -0.05) is 140 Å². The molecule has 3 heterocycles. The quantitative estimate of drug-likeness (QED) is 0.186. The van der Waals surface area contributed by atoms with Gasteiger partial charge in [-0.05, 0) is 87.5 Å². The first kappa shape index (κ1) is 32.0. The largest absolute Gasteiger partial charge is 0.456 e. The monoisotopic (exact) mass is 719 g/mol. The summed E-state index contributed by atoms with van der Waals surface area (Å²) in [5, 5.41) is 7.88. The van der Waals surface area contributed by atoms with Gasteiger partial charge in [0, 0.05) is 32.7 Å². The lowest BCUT2D eigenvalue weighted by Crippen LogP contribution is -2.33. The number of nitrogens with zero attached hydrogens (tertiary/aromatic N) is 2. The lowest BCUT2D eigenvalue weighted by molar-refractivity contribution is 0.667. The summed E-state index contributed by atoms with van der Waals surface area (Å²) in [5.74, 6) is 1.39. The van der Waals surface area contributed by atoms with Crippen molar-refractivity contribution in [3.63, 3.8) is 0 Å². The Morgan fingerprint density at radius 2 is 0.839 bits per heavy atom. The maximum atomic E-state index is 6.45. The van der Waals surface area contributed by atoms with Gasteiger partial charge in [-0.15, -0.1) is 0 Å². The number of hydrogen-bond acceptors (Lipinski definition) is 5. The Morgan fingerprint density at radius 1 is 0.357 bits per heavy atom. The minimum absolute atomic E-state index is 0.315. The van der Waals surface area contributed by atoms with Crippen molar-refractivity contribution in [2.45, 2.75) is 6.17 Å². The average Bonchev–Trinajstić information content (AvgIpc) is 3.84. The molecule has 0 radical (unpaired) electrons. The molecule has 264 valence electrons. The van der Waals surface area contributed by atoms with Gasteiger partial charge in [-0.25, -0.2) is 9.98 Å². The second kappa shape index (κ2) is 13.1. The second-order valence-electron chi connectivity index (χ2n) is 14.2. The van der Waals surface area contributed by atoms with Crippen LogP contribution in [0.25, 0.3) is 77.3 Å². The van der Waals surface area contributed by atoms with Crippen LogP contribution in [0.4, 0.5) is 0 Å². The van der Waals surface area contributed by atoms with Crippen LogP contribution in [-0.2, 0) is 0 Å². The van der Waals surface area contributed by atoms with Gasteiger partial charge in [0.15, 0.2) is 5.84 Å². The predicted octanol–water partition coefficient (Wildman–Crippen LogP) is 13.0. The number of hydrogen-bond donors (Lipinski definition) is 1. The van der Waals surface area contributed by atoms with Gasteiger partial charge in [-0.2, -0.15) is 0 Å². The summed E-state index contributed by atoms with van der Waals surface area (Å²) in [6.07, 6.45) is -0.315. The van der Waals surface area contributed by atoms with E-state index in [-0.39, 0.29) is 6.17 Å². The van der Waals surface area contributed by atoms with Crippen LogP contribution in [0.2, 0.25) is 0 Å². The Balaban J connectivity index is 0.912. The summed E-state index contributed by atoms with van der Waals surface area (Å²) < 4.78 is 12.7. The van der Waals surface area contributed by atoms with Crippen molar-refractivity contribution in [1.29, 1.82) is 0 Å². The van der Waals surface area contributed by atoms with Crippen molar-refractivity contribution in [2.24, 2.45) is 9.98 Å². The number of aliphatic imine (C=N–C) groups is 2. The highest BCUT2D eigenvalue weighted by atomic mass is 16.3. The van der Waals surface area contributed by atoms with Crippen LogP contribution in [0.15, 0.2) is 207 Å². The molecule has 0 saturated carbocycles. The van der Waals surface area contributed by atoms with Crippen LogP contribution in [0.1, 0.15) is 22.9 Å². The van der Waals surface area contributed by atoms with Gasteiger partial charge in [0.2, 0.25) is 0 Å². The van der Waals surface area contributed by atoms with E-state index in [4.69, 9.17) is 18.8 Å². The summed E-state index contributed by atoms with van der Waals surface area (Å²) in [6, 6.07) is 65.3. The number of fused-ring (bicyclic) bond motifs is 6. The Morgan fingerprint density at radius 3 is 1.54 bits per heavy atom. The predicted molar refractivity (Wildman–Crippen MR) is 229 cm³/mol. The molecule has 0 spiro atoms. The summed E-state index contributed by atoms with van der Waals surface area (Å²) in [6.45, 7) is 0. The number of amidine groups is 2. The molecule has 10 aromatic rings. The highest BCUT2D eigenvalue weighted by molar-refractivity contribution is 6.16. The second-order valence-corrected chi connectivity index (χ2v) is 14.2. The molecule has 1 N–H and O–H groups in total. The number of benzene rings is 8. The van der Waals surface area contributed by atoms with Crippen molar-refractivity contribution in [1.82, 2.24) is 5.32 Å². The van der Waals surface area contributed by atoms with Crippen LogP contribution in [0, 0.1) is 0 Å². The van der Waals surface area contributed by atoms with Gasteiger partial charge in [0.05, 0.1) is 0 Å². The Hall–Kier alpha value is -7.50. The van der Waals surface area contributed by atoms with Gasteiger partial charge < -0.3 is 14.2 Å². The highest BCUT2D eigenvalue weighted by Gasteiger charge is 2.22. The van der Waals surface area contributed by atoms with E-state index in [0.717, 1.165) is 77.5 Å². The smallest absolute Gasteiger partial charge is 0.159 e. The molecule has 11 rings (SSSR count). The average molecular weight is 720 g/mol. The molecule has 0 bridgehead atoms. The number of nitrogens with one attached hydrogen (secondary N) is 1. The van der Waals surface area contributed by atoms with E-state index in [9.17, 15) is 0 Å². The lowest BCUT2D eigenvalue weighted by Gasteiger charge is -2.23. The number of para-hydroxylation sites is 1. The van der Waals surface area contributed by atoms with Crippen LogP contribution >= 0.6 is 0 Å². The van der Waals surface area contributed by atoms with Crippen molar-refractivity contribution in [3.8, 4) is 33.4 Å². The Bertz CT molecular complexity index is 3140. The summed E-state index contributed by atoms with van der Waals surface area (Å²) in [5.41, 5.74) is 13.3. The van der Waals surface area contributed by atoms with Crippen LogP contribution in [0.5, 0.6) is 0 Å². The minimum atomic E-state index is -0.315. The van der Waals surface area contributed by atoms with Crippen LogP contribution in [-0.4, -0.2) is 11.7 Å². The molecule has 1 aliphatic heterocycles. The third-order valence-corrected chi connectivity index (χ3v) is 10.8. The molecule has 1 atom stereocenters. The first-order valence-corrected chi connectivity index (χ1v) is 18.8. The minimum Gasteiger partial charge on any atom is -0.456 e. The van der Waals surface area contributed by atoms with E-state index >= 15 is 0 Å². The standard InChI is InChI=1S/C51H33N3O2/c1-3-9-32(10-4-1)33-15-17-34(18-16-33)35-19-21-36(22-20-35)38-23-26-43-44-29-39(25-28-46(44)56-47(43)30-38)50-52-49(37-11-5-2-6-12-37)53-51(54-50)40-24-27-42-41-13-7-8-14-45(41)55-48(42)31-40/h1-31,49H,(H,52,53,54). The first-order chi connectivity index (χ1) is 27.7. The molecule has 1 aliphatic rings. The molecule has 2 aromatic heterocycles. The first-order valence-electron chi connectivity index (χ1n) is 18.8. The highest BCUT2D eigenvalue weighted by Crippen LogP contribution is 2.35. The Kier molecular flexibility index (Phi) is 7.49. The molecule has 56 heavy (non-hydrogen) atoms. The molecular formula is C51H33N3O2. The molecule has 5 nitrogen and oxygen atoms in total. The van der Waals surface area contributed by atoms with E-state index < -0.39 is 0 Å². The van der Waals surface area contributed by atoms with Crippen molar-refractivity contribution in [3.05, 3.63) is 205 Å². The zero-order valence-electron chi connectivity index (χ0n) is 30.2. The molecular weight excluding hydrogens is 687 g/mol. The molecule has 1 unspecified atom stereocenters. The van der Waals surface area contributed by atoms with E-state index in [1.54, 1.807) is 0 Å². The van der Waals surface area contributed by atoms with Crippen molar-refractivity contribution < 1.29 is 8.83 Å². The molecule has 0 amide bonds. The maximum absolute atomic E-state index is 6.45. The zero-order chi connectivity index (χ0) is 37.0. The maximum Gasteiger partial charge on any atom is 0.159 e. The zero-order valence-corrected chi connectivity index (χ0v) is 30.2. The fourth-order valence-corrected chi connectivity index (χ4v) is 7.84. The topological polar surface area (TPSA) is 63.0 Å². The van der Waals surface area contributed by atoms with Gasteiger partial charge in [0.1, 0.15) is 34.3 Å². The van der Waals surface area contributed by atoms with E-state index in [2.05, 4.69) is 139 Å². The normalized spacial score (nSPS) is 14.2. The van der Waals surface area contributed by atoms with Gasteiger partial charge >= 0.3 is 0 Å². The number of furan rings is 2. The van der Waals surface area contributed by atoms with Crippen LogP contribution in [0.3, 0.4) is 0 Å². The summed E-state index contributed by atoms with van der Waals surface area (Å²) >= 11 is 0. The molecule has 0 fully saturated rings. The third kappa shape index (κ3) is 5.65. The number of rotatable bonds is 6. The van der Waals surface area contributed by atoms with Crippen LogP contribution < -0.4 is 5.32 Å². The summed E-state index contributed by atoms with van der Waals surface area (Å²) in [4.78, 5) is 10.2. The summed E-state index contributed by atoms with van der Waals surface area (Å²) in [7, 11) is 0. The SMILES string of the molecule is c1ccc(-c2ccc(-c3ccc(-c4ccc5c(c4)oc4ccc(C6=NC(c7ccc8c(c7)oc7ccccc78)=NC(c7ccccc7)N6)cc45)cc3)cc2)cc1. The fraction of sp³-hybridized carbons (Fsp3) is 0.0196. The van der Waals surface area contributed by atoms with Gasteiger partial charge in [-0.3, -0.25) is 0 Å². The molecule has 0 aliphatic carbocycles. The van der Waals surface area contributed by atoms with Crippen molar-refractivity contribution >= 4 is 55.5 Å².